The molecule has 10 heteroatoms. The van der Waals surface area contributed by atoms with Gasteiger partial charge in [-0.2, -0.15) is 4.98 Å². The molecule has 0 radical (unpaired) electrons. The molecule has 3 N–H and O–H groups in total. The Hall–Kier alpha value is -3.43. The maximum Gasteiger partial charge on any atom is 0.225 e. The zero-order valence-electron chi connectivity index (χ0n) is 14.0. The fraction of sp³-hybridized carbons (Fsp3) is 0.118. The minimum Gasteiger partial charge on any atom is -0.354 e. The normalized spacial score (nSPS) is 10.6. The molecule has 0 unspecified atom stereocenters. The summed E-state index contributed by atoms with van der Waals surface area (Å²) in [6.07, 6.45) is 1.58. The summed E-state index contributed by atoms with van der Waals surface area (Å²) in [5.74, 6) is -5.84. The number of benzene rings is 1. The van der Waals surface area contributed by atoms with Crippen molar-refractivity contribution in [1.82, 2.24) is 15.0 Å². The Bertz CT molecular complexity index is 926. The lowest BCUT2D eigenvalue weighted by atomic mass is 10.2. The second-order valence-corrected chi connectivity index (χ2v) is 5.30. The summed E-state index contributed by atoms with van der Waals surface area (Å²) in [6, 6.07) is 6.81. The molecule has 3 rings (SSSR count). The molecular formula is C17H14F4N6. The summed E-state index contributed by atoms with van der Waals surface area (Å²) in [7, 11) is 0. The van der Waals surface area contributed by atoms with Crippen LogP contribution < -0.4 is 16.2 Å². The molecular weight excluding hydrogens is 364 g/mol. The molecule has 2 heterocycles. The summed E-state index contributed by atoms with van der Waals surface area (Å²) in [6.45, 7) is 2.36. The number of nitrogens with one attached hydrogen (secondary N) is 3. The number of hydrogen-bond acceptors (Lipinski definition) is 6. The Kier molecular flexibility index (Phi) is 5.34. The van der Waals surface area contributed by atoms with Gasteiger partial charge in [0.25, 0.3) is 0 Å². The van der Waals surface area contributed by atoms with E-state index in [9.17, 15) is 17.6 Å². The first-order valence-corrected chi connectivity index (χ1v) is 7.89. The summed E-state index contributed by atoms with van der Waals surface area (Å²) < 4.78 is 54.1. The smallest absolute Gasteiger partial charge is 0.225 e. The number of nitrogens with zero attached hydrogens (tertiary/aromatic N) is 3. The van der Waals surface area contributed by atoms with E-state index in [0.29, 0.717) is 17.9 Å². The van der Waals surface area contributed by atoms with E-state index in [1.165, 1.54) is 6.07 Å². The molecule has 6 nitrogen and oxygen atoms in total. The van der Waals surface area contributed by atoms with Gasteiger partial charge in [0.05, 0.1) is 11.4 Å². The predicted molar refractivity (Wildman–Crippen MR) is 92.9 cm³/mol. The van der Waals surface area contributed by atoms with Gasteiger partial charge in [-0.15, -0.1) is 0 Å². The van der Waals surface area contributed by atoms with Gasteiger partial charge < -0.3 is 5.32 Å². The van der Waals surface area contributed by atoms with Crippen LogP contribution in [0.15, 0.2) is 36.5 Å². The summed E-state index contributed by atoms with van der Waals surface area (Å²) in [4.78, 5) is 12.6. The third-order valence-corrected chi connectivity index (χ3v) is 3.42. The Morgan fingerprint density at radius 1 is 0.889 bits per heavy atom. The third kappa shape index (κ3) is 4.05. The standard InChI is InChI=1S/C17H14F4N6/c1-2-22-17-24-12(11-5-3-4-6-23-11)8-13(25-17)26-27-16-14(20)9(18)7-10(19)15(16)21/h3-8,27H,2H2,1H3,(H2,22,24,25,26). The van der Waals surface area contributed by atoms with Gasteiger partial charge in [-0.05, 0) is 19.1 Å². The molecule has 0 amide bonds. The van der Waals surface area contributed by atoms with E-state index in [1.54, 1.807) is 24.4 Å². The van der Waals surface area contributed by atoms with Gasteiger partial charge in [-0.25, -0.2) is 22.5 Å². The van der Waals surface area contributed by atoms with Crippen LogP contribution in [0.2, 0.25) is 0 Å². The van der Waals surface area contributed by atoms with Crippen molar-refractivity contribution >= 4 is 17.5 Å². The molecule has 27 heavy (non-hydrogen) atoms. The maximum atomic E-state index is 13.8. The lowest BCUT2D eigenvalue weighted by Crippen LogP contribution is -2.16. The zero-order chi connectivity index (χ0) is 19.4. The van der Waals surface area contributed by atoms with Crippen LogP contribution in [0.4, 0.5) is 35.0 Å². The fourth-order valence-electron chi connectivity index (χ4n) is 2.20. The van der Waals surface area contributed by atoms with Gasteiger partial charge >= 0.3 is 0 Å². The van der Waals surface area contributed by atoms with E-state index in [0.717, 1.165) is 0 Å². The van der Waals surface area contributed by atoms with E-state index in [-0.39, 0.29) is 17.8 Å². The van der Waals surface area contributed by atoms with Crippen LogP contribution in [-0.2, 0) is 0 Å². The van der Waals surface area contributed by atoms with Gasteiger partial charge in [-0.3, -0.25) is 15.8 Å². The van der Waals surface area contributed by atoms with E-state index in [2.05, 4.69) is 31.1 Å². The fourth-order valence-corrected chi connectivity index (χ4v) is 2.20. The van der Waals surface area contributed by atoms with Crippen molar-refractivity contribution in [1.29, 1.82) is 0 Å². The van der Waals surface area contributed by atoms with E-state index in [1.807, 2.05) is 6.92 Å². The molecule has 1 aromatic carbocycles. The molecule has 0 saturated carbocycles. The highest BCUT2D eigenvalue weighted by Crippen LogP contribution is 2.25. The van der Waals surface area contributed by atoms with Crippen LogP contribution in [0, 0.1) is 23.3 Å². The molecule has 0 spiro atoms. The number of aromatic nitrogens is 3. The molecule has 0 aliphatic carbocycles. The molecule has 3 aromatic rings. The second-order valence-electron chi connectivity index (χ2n) is 5.30. The molecule has 140 valence electrons. The first kappa shape index (κ1) is 18.4. The average molecular weight is 378 g/mol. The molecule has 0 bridgehead atoms. The molecule has 0 atom stereocenters. The van der Waals surface area contributed by atoms with Crippen LogP contribution in [0.5, 0.6) is 0 Å². The van der Waals surface area contributed by atoms with Gasteiger partial charge in [0.15, 0.2) is 29.1 Å². The lowest BCUT2D eigenvalue weighted by Gasteiger charge is -2.13. The topological polar surface area (TPSA) is 74.8 Å². The van der Waals surface area contributed by atoms with Crippen molar-refractivity contribution in [2.45, 2.75) is 6.92 Å². The first-order chi connectivity index (χ1) is 13.0. The minimum absolute atomic E-state index is 0.102. The lowest BCUT2D eigenvalue weighted by molar-refractivity contribution is 0.459. The SMILES string of the molecule is CCNc1nc(NNc2c(F)c(F)cc(F)c2F)cc(-c2ccccn2)n1. The Morgan fingerprint density at radius 3 is 2.26 bits per heavy atom. The van der Waals surface area contributed by atoms with Crippen molar-refractivity contribution < 1.29 is 17.6 Å². The molecule has 0 aliphatic heterocycles. The number of rotatable bonds is 6. The average Bonchev–Trinajstić information content (AvgIpc) is 2.67. The van der Waals surface area contributed by atoms with Crippen molar-refractivity contribution in [3.8, 4) is 11.4 Å². The van der Waals surface area contributed by atoms with E-state index in [4.69, 9.17) is 0 Å². The Balaban J connectivity index is 1.92. The highest BCUT2D eigenvalue weighted by atomic mass is 19.2. The second kappa shape index (κ2) is 7.85. The number of hydrogen-bond donors (Lipinski definition) is 3. The third-order valence-electron chi connectivity index (χ3n) is 3.42. The van der Waals surface area contributed by atoms with Gasteiger partial charge in [0, 0.05) is 24.9 Å². The first-order valence-electron chi connectivity index (χ1n) is 7.89. The van der Waals surface area contributed by atoms with Crippen LogP contribution in [0.25, 0.3) is 11.4 Å². The van der Waals surface area contributed by atoms with Crippen molar-refractivity contribution in [2.75, 3.05) is 22.7 Å². The van der Waals surface area contributed by atoms with Gasteiger partial charge in [0.2, 0.25) is 5.95 Å². The number of hydrazine groups is 1. The van der Waals surface area contributed by atoms with E-state index >= 15 is 0 Å². The minimum atomic E-state index is -1.56. The van der Waals surface area contributed by atoms with E-state index < -0.39 is 29.0 Å². The number of pyridine rings is 1. The highest BCUT2D eigenvalue weighted by molar-refractivity contribution is 5.62. The number of anilines is 3. The van der Waals surface area contributed by atoms with Gasteiger partial charge in [0.1, 0.15) is 5.69 Å². The van der Waals surface area contributed by atoms with Crippen LogP contribution in [0.3, 0.4) is 0 Å². The predicted octanol–water partition coefficient (Wildman–Crippen LogP) is 3.97. The number of halogens is 4. The summed E-state index contributed by atoms with van der Waals surface area (Å²) in [5, 5.41) is 2.91. The monoisotopic (exact) mass is 378 g/mol. The zero-order valence-corrected chi connectivity index (χ0v) is 14.0. The van der Waals surface area contributed by atoms with Gasteiger partial charge in [-0.1, -0.05) is 6.07 Å². The molecule has 2 aromatic heterocycles. The molecule has 0 saturated heterocycles. The Labute approximate surface area is 151 Å². The summed E-state index contributed by atoms with van der Waals surface area (Å²) in [5.41, 5.74) is 4.49. The van der Waals surface area contributed by atoms with Crippen molar-refractivity contribution in [3.05, 3.63) is 59.8 Å². The molecule has 0 fully saturated rings. The Morgan fingerprint density at radius 2 is 1.63 bits per heavy atom. The van der Waals surface area contributed by atoms with Crippen LogP contribution in [-0.4, -0.2) is 21.5 Å². The van der Waals surface area contributed by atoms with Crippen molar-refractivity contribution in [3.63, 3.8) is 0 Å². The van der Waals surface area contributed by atoms with Crippen molar-refractivity contribution in [2.24, 2.45) is 0 Å². The largest absolute Gasteiger partial charge is 0.354 e. The van der Waals surface area contributed by atoms with Crippen LogP contribution >= 0.6 is 0 Å². The summed E-state index contributed by atoms with van der Waals surface area (Å²) >= 11 is 0. The van der Waals surface area contributed by atoms with Crippen LogP contribution in [0.1, 0.15) is 6.92 Å². The quantitative estimate of drug-likeness (QED) is 0.342. The maximum absolute atomic E-state index is 13.8. The molecule has 0 aliphatic rings. The highest BCUT2D eigenvalue weighted by Gasteiger charge is 2.19.